The molecule has 0 spiro atoms. The van der Waals surface area contributed by atoms with Gasteiger partial charge in [0.2, 0.25) is 0 Å². The van der Waals surface area contributed by atoms with Gasteiger partial charge in [-0.1, -0.05) is 0 Å². The van der Waals surface area contributed by atoms with Gasteiger partial charge in [-0.2, -0.15) is 0 Å². The smallest absolute Gasteiger partial charge is 0.161 e. The topological polar surface area (TPSA) is 41.9 Å². The first kappa shape index (κ1) is 14.2. The summed E-state index contributed by atoms with van der Waals surface area (Å²) in [6.07, 6.45) is 1.93. The summed E-state index contributed by atoms with van der Waals surface area (Å²) in [5.74, 6) is 2.19. The number of rotatable bonds is 7. The van der Waals surface area contributed by atoms with Gasteiger partial charge in [0.15, 0.2) is 11.5 Å². The first-order valence-electron chi connectivity index (χ1n) is 6.73. The predicted molar refractivity (Wildman–Crippen MR) is 75.2 cm³/mol. The minimum absolute atomic E-state index is 0.261. The molecule has 0 bridgehead atoms. The number of hydrogen-bond donors (Lipinski definition) is 1. The molecule has 0 saturated heterocycles. The average molecular weight is 265 g/mol. The molecule has 1 aromatic carbocycles. The van der Waals surface area contributed by atoms with Crippen LogP contribution in [0.4, 0.5) is 0 Å². The highest BCUT2D eigenvalue weighted by atomic mass is 16.5. The number of methoxy groups -OCH3 is 2. The van der Waals surface area contributed by atoms with Crippen molar-refractivity contribution in [3.63, 3.8) is 0 Å². The zero-order valence-corrected chi connectivity index (χ0v) is 12.0. The molecule has 0 heterocycles. The largest absolute Gasteiger partial charge is 0.493 e. The van der Waals surface area contributed by atoms with E-state index in [0.29, 0.717) is 5.92 Å². The highest BCUT2D eigenvalue weighted by molar-refractivity contribution is 5.53. The van der Waals surface area contributed by atoms with Crippen molar-refractivity contribution >= 4 is 0 Å². The third kappa shape index (κ3) is 3.01. The molecule has 0 unspecified atom stereocenters. The van der Waals surface area contributed by atoms with Crippen LogP contribution in [0.5, 0.6) is 11.5 Å². The van der Waals surface area contributed by atoms with Gasteiger partial charge in [0.1, 0.15) is 0 Å². The molecule has 0 amide bonds. The van der Waals surface area contributed by atoms with Gasteiger partial charge < -0.3 is 19.5 Å². The predicted octanol–water partition coefficient (Wildman–Crippen LogP) is 1.66. The van der Waals surface area contributed by atoms with E-state index in [1.807, 2.05) is 0 Å². The Morgan fingerprint density at radius 3 is 2.58 bits per heavy atom. The summed E-state index contributed by atoms with van der Waals surface area (Å²) in [6.45, 7) is 2.23. The van der Waals surface area contributed by atoms with Crippen LogP contribution in [-0.2, 0) is 6.42 Å². The van der Waals surface area contributed by atoms with Crippen molar-refractivity contribution in [1.82, 2.24) is 4.90 Å². The number of fused-ring (bicyclic) bond motifs is 1. The van der Waals surface area contributed by atoms with Crippen molar-refractivity contribution in [3.8, 4) is 11.5 Å². The zero-order chi connectivity index (χ0) is 13.8. The lowest BCUT2D eigenvalue weighted by molar-refractivity contribution is 0.237. The number of aliphatic hydroxyl groups excluding tert-OH is 1. The van der Waals surface area contributed by atoms with Crippen molar-refractivity contribution in [3.05, 3.63) is 23.3 Å². The van der Waals surface area contributed by atoms with Crippen molar-refractivity contribution in [2.45, 2.75) is 18.8 Å². The highest BCUT2D eigenvalue weighted by Gasteiger charge is 2.29. The van der Waals surface area contributed by atoms with E-state index in [1.165, 1.54) is 11.1 Å². The molecule has 4 heteroatoms. The molecular formula is C15H23NO3. The molecule has 106 valence electrons. The lowest BCUT2D eigenvalue weighted by atomic mass is 9.77. The molecule has 0 fully saturated rings. The number of aliphatic hydroxyl groups is 1. The van der Waals surface area contributed by atoms with E-state index in [9.17, 15) is 0 Å². The van der Waals surface area contributed by atoms with E-state index in [0.717, 1.165) is 37.4 Å². The number of benzene rings is 1. The van der Waals surface area contributed by atoms with Gasteiger partial charge in [0, 0.05) is 25.6 Å². The third-order valence-corrected chi connectivity index (χ3v) is 3.78. The zero-order valence-electron chi connectivity index (χ0n) is 12.0. The number of nitrogens with zero attached hydrogens (tertiary/aromatic N) is 1. The first-order chi connectivity index (χ1) is 9.19. The molecule has 1 aliphatic rings. The molecule has 0 saturated carbocycles. The second-order valence-corrected chi connectivity index (χ2v) is 5.15. The number of hydrogen-bond acceptors (Lipinski definition) is 4. The monoisotopic (exact) mass is 265 g/mol. The van der Waals surface area contributed by atoms with Crippen molar-refractivity contribution < 1.29 is 14.6 Å². The minimum Gasteiger partial charge on any atom is -0.493 e. The summed E-state index contributed by atoms with van der Waals surface area (Å²) in [5.41, 5.74) is 2.73. The summed E-state index contributed by atoms with van der Waals surface area (Å²) in [7, 11) is 5.45. The maximum Gasteiger partial charge on any atom is 0.161 e. The highest BCUT2D eigenvalue weighted by Crippen LogP contribution is 2.42. The summed E-state index contributed by atoms with van der Waals surface area (Å²) >= 11 is 0. The van der Waals surface area contributed by atoms with Crippen molar-refractivity contribution in [2.24, 2.45) is 0 Å². The quantitative estimate of drug-likeness (QED) is 0.814. The molecule has 0 aliphatic heterocycles. The molecule has 1 aromatic rings. The van der Waals surface area contributed by atoms with Gasteiger partial charge in [-0.05, 0) is 43.1 Å². The van der Waals surface area contributed by atoms with Crippen LogP contribution >= 0.6 is 0 Å². The van der Waals surface area contributed by atoms with Crippen LogP contribution in [0, 0.1) is 0 Å². The fourth-order valence-electron chi connectivity index (χ4n) is 2.71. The summed E-state index contributed by atoms with van der Waals surface area (Å²) in [4.78, 5) is 2.28. The standard InChI is InChI=1S/C15H23NO3/c1-16(5-4-6-17)10-12-7-11-8-14(18-2)15(19-3)9-13(11)12/h8-9,12,17H,4-7,10H2,1-3H3/t12-/m1/s1. The Bertz CT molecular complexity index is 434. The van der Waals surface area contributed by atoms with Crippen molar-refractivity contribution in [2.75, 3.05) is 41.0 Å². The number of likely N-dealkylation sites (N-methyl/N-ethyl adjacent to an activating group) is 1. The molecule has 4 nitrogen and oxygen atoms in total. The molecule has 19 heavy (non-hydrogen) atoms. The fraction of sp³-hybridized carbons (Fsp3) is 0.600. The molecule has 1 N–H and O–H groups in total. The Balaban J connectivity index is 2.02. The molecule has 0 radical (unpaired) electrons. The minimum atomic E-state index is 0.261. The normalized spacial score (nSPS) is 17.0. The van der Waals surface area contributed by atoms with Gasteiger partial charge in [0.25, 0.3) is 0 Å². The van der Waals surface area contributed by atoms with Crippen LogP contribution in [0.1, 0.15) is 23.5 Å². The Hall–Kier alpha value is -1.26. The molecule has 1 aliphatic carbocycles. The van der Waals surface area contributed by atoms with Crippen LogP contribution in [0.15, 0.2) is 12.1 Å². The Labute approximate surface area is 114 Å². The molecular weight excluding hydrogens is 242 g/mol. The summed E-state index contributed by atoms with van der Waals surface area (Å²) in [5, 5.41) is 8.85. The van der Waals surface area contributed by atoms with Crippen LogP contribution in [0.2, 0.25) is 0 Å². The van der Waals surface area contributed by atoms with E-state index in [2.05, 4.69) is 24.1 Å². The average Bonchev–Trinajstić information content (AvgIpc) is 2.41. The summed E-state index contributed by atoms with van der Waals surface area (Å²) in [6, 6.07) is 4.18. The van der Waals surface area contributed by atoms with E-state index in [-0.39, 0.29) is 6.61 Å². The maximum atomic E-state index is 8.85. The maximum absolute atomic E-state index is 8.85. The van der Waals surface area contributed by atoms with E-state index < -0.39 is 0 Å². The van der Waals surface area contributed by atoms with E-state index in [1.54, 1.807) is 14.2 Å². The number of ether oxygens (including phenoxy) is 2. The van der Waals surface area contributed by atoms with Gasteiger partial charge in [-0.15, -0.1) is 0 Å². The Morgan fingerprint density at radius 1 is 1.26 bits per heavy atom. The lowest BCUT2D eigenvalue weighted by Crippen LogP contribution is -2.31. The second-order valence-electron chi connectivity index (χ2n) is 5.15. The Kier molecular flexibility index (Phi) is 4.66. The lowest BCUT2D eigenvalue weighted by Gasteiger charge is -2.34. The van der Waals surface area contributed by atoms with Gasteiger partial charge >= 0.3 is 0 Å². The molecule has 1 atom stereocenters. The van der Waals surface area contributed by atoms with Crippen LogP contribution in [0.25, 0.3) is 0 Å². The van der Waals surface area contributed by atoms with Crippen molar-refractivity contribution in [1.29, 1.82) is 0 Å². The van der Waals surface area contributed by atoms with Crippen LogP contribution < -0.4 is 9.47 Å². The van der Waals surface area contributed by atoms with Crippen LogP contribution in [0.3, 0.4) is 0 Å². The van der Waals surface area contributed by atoms with Gasteiger partial charge in [-0.25, -0.2) is 0 Å². The van der Waals surface area contributed by atoms with Crippen LogP contribution in [-0.4, -0.2) is 51.0 Å². The van der Waals surface area contributed by atoms with E-state index >= 15 is 0 Å². The third-order valence-electron chi connectivity index (χ3n) is 3.78. The van der Waals surface area contributed by atoms with Gasteiger partial charge in [0.05, 0.1) is 14.2 Å². The fourth-order valence-corrected chi connectivity index (χ4v) is 2.71. The second kappa shape index (κ2) is 6.26. The first-order valence-corrected chi connectivity index (χ1v) is 6.73. The molecule has 0 aromatic heterocycles. The summed E-state index contributed by atoms with van der Waals surface area (Å²) < 4.78 is 10.7. The Morgan fingerprint density at radius 2 is 1.95 bits per heavy atom. The van der Waals surface area contributed by atoms with Gasteiger partial charge in [-0.3, -0.25) is 0 Å². The van der Waals surface area contributed by atoms with E-state index in [4.69, 9.17) is 14.6 Å². The molecule has 2 rings (SSSR count). The SMILES string of the molecule is COc1cc2c(cc1OC)[C@@H](CN(C)CCCO)C2.